The van der Waals surface area contributed by atoms with Gasteiger partial charge in [-0.15, -0.1) is 0 Å². The molecular weight excluding hydrogens is 620 g/mol. The van der Waals surface area contributed by atoms with Crippen LogP contribution in [0.25, 0.3) is 0 Å². The number of carbonyl (C=O) groups excluding carboxylic acids is 2. The molecule has 6 rings (SSSR count). The Labute approximate surface area is 264 Å². The fourth-order valence-electron chi connectivity index (χ4n) is 5.77. The topological polar surface area (TPSA) is 159 Å². The zero-order valence-electron chi connectivity index (χ0n) is 25.4. The minimum atomic E-state index is -4.32. The molecule has 2 aliphatic heterocycles. The minimum absolute atomic E-state index is 0.00637. The SMILES string of the molecule is CN1CCN(c2ccc(C(=O)Nc3n[nH]c4c3CN(S(=O)(=O)c3cc(F)cc(F)c3)CC4(C)C)c(NC(=O)c3ccn[nH]3)c2)CC1. The van der Waals surface area contributed by atoms with Gasteiger partial charge in [0.05, 0.1) is 16.1 Å². The molecule has 2 amide bonds. The number of H-pyrrole nitrogens is 2. The second-order valence-electron chi connectivity index (χ2n) is 12.1. The summed E-state index contributed by atoms with van der Waals surface area (Å²) < 4.78 is 56.0. The summed E-state index contributed by atoms with van der Waals surface area (Å²) in [6.07, 6.45) is 1.44. The van der Waals surface area contributed by atoms with Gasteiger partial charge in [-0.25, -0.2) is 17.2 Å². The van der Waals surface area contributed by atoms with Crippen LogP contribution >= 0.6 is 0 Å². The summed E-state index contributed by atoms with van der Waals surface area (Å²) in [5, 5.41) is 19.2. The molecule has 13 nitrogen and oxygen atoms in total. The van der Waals surface area contributed by atoms with E-state index in [2.05, 4.69) is 40.8 Å². The van der Waals surface area contributed by atoms with Crippen LogP contribution in [0.2, 0.25) is 0 Å². The summed E-state index contributed by atoms with van der Waals surface area (Å²) in [6, 6.07) is 8.81. The zero-order valence-corrected chi connectivity index (χ0v) is 26.2. The Morgan fingerprint density at radius 2 is 1.65 bits per heavy atom. The molecule has 1 fully saturated rings. The Balaban J connectivity index is 1.30. The lowest BCUT2D eigenvalue weighted by molar-refractivity contribution is 0.102. The quantitative estimate of drug-likeness (QED) is 0.237. The van der Waals surface area contributed by atoms with E-state index in [1.165, 1.54) is 12.3 Å². The highest BCUT2D eigenvalue weighted by molar-refractivity contribution is 7.89. The van der Waals surface area contributed by atoms with Gasteiger partial charge in [0.1, 0.15) is 17.3 Å². The number of nitrogens with zero attached hydrogens (tertiary/aromatic N) is 5. The highest BCUT2D eigenvalue weighted by atomic mass is 32.2. The Kier molecular flexibility index (Phi) is 8.12. The average molecular weight is 654 g/mol. The van der Waals surface area contributed by atoms with Crippen LogP contribution in [0.5, 0.6) is 0 Å². The van der Waals surface area contributed by atoms with Crippen molar-refractivity contribution < 1.29 is 26.8 Å². The molecule has 2 aromatic carbocycles. The van der Waals surface area contributed by atoms with E-state index in [9.17, 15) is 26.8 Å². The van der Waals surface area contributed by atoms with Crippen LogP contribution in [0, 0.1) is 11.6 Å². The Morgan fingerprint density at radius 1 is 0.935 bits per heavy atom. The number of hydrogen-bond acceptors (Lipinski definition) is 8. The third-order valence-electron chi connectivity index (χ3n) is 8.27. The van der Waals surface area contributed by atoms with Crippen molar-refractivity contribution in [1.82, 2.24) is 29.6 Å². The lowest BCUT2D eigenvalue weighted by atomic mass is 9.84. The largest absolute Gasteiger partial charge is 0.369 e. The normalized spacial score (nSPS) is 17.0. The molecule has 0 unspecified atom stereocenters. The van der Waals surface area contributed by atoms with Crippen molar-refractivity contribution >= 4 is 39.0 Å². The summed E-state index contributed by atoms with van der Waals surface area (Å²) >= 11 is 0. The molecule has 242 valence electrons. The summed E-state index contributed by atoms with van der Waals surface area (Å²) in [5.74, 6) is -3.02. The van der Waals surface area contributed by atoms with Crippen LogP contribution in [-0.4, -0.2) is 89.6 Å². The van der Waals surface area contributed by atoms with Crippen molar-refractivity contribution in [2.45, 2.75) is 30.7 Å². The fourth-order valence-corrected chi connectivity index (χ4v) is 7.39. The van der Waals surface area contributed by atoms with Gasteiger partial charge in [-0.3, -0.25) is 19.8 Å². The fraction of sp³-hybridized carbons (Fsp3) is 0.333. The number of hydrogen-bond donors (Lipinski definition) is 4. The summed E-state index contributed by atoms with van der Waals surface area (Å²) in [5.41, 5.74) is 1.67. The lowest BCUT2D eigenvalue weighted by Crippen LogP contribution is -2.45. The Hall–Kier alpha value is -4.67. The van der Waals surface area contributed by atoms with Crippen molar-refractivity contribution in [2.75, 3.05) is 55.3 Å². The molecule has 2 aliphatic rings. The molecule has 0 bridgehead atoms. The van der Waals surface area contributed by atoms with Gasteiger partial charge in [0.25, 0.3) is 11.8 Å². The molecule has 0 saturated carbocycles. The minimum Gasteiger partial charge on any atom is -0.369 e. The molecule has 0 aliphatic carbocycles. The van der Waals surface area contributed by atoms with Crippen LogP contribution < -0.4 is 15.5 Å². The third kappa shape index (κ3) is 6.10. The smallest absolute Gasteiger partial charge is 0.273 e. The van der Waals surface area contributed by atoms with Gasteiger partial charge >= 0.3 is 0 Å². The number of aromatic amines is 2. The van der Waals surface area contributed by atoms with Crippen molar-refractivity contribution in [3.8, 4) is 0 Å². The highest BCUT2D eigenvalue weighted by Crippen LogP contribution is 2.38. The number of halogens is 2. The highest BCUT2D eigenvalue weighted by Gasteiger charge is 2.41. The first-order chi connectivity index (χ1) is 21.8. The van der Waals surface area contributed by atoms with Crippen LogP contribution in [0.15, 0.2) is 53.6 Å². The molecule has 0 spiro atoms. The molecule has 0 atom stereocenters. The second kappa shape index (κ2) is 11.9. The molecular formula is C30H33F2N9O4S. The van der Waals surface area contributed by atoms with Crippen LogP contribution in [-0.2, 0) is 22.0 Å². The van der Waals surface area contributed by atoms with Crippen molar-refractivity contribution in [3.63, 3.8) is 0 Å². The van der Waals surface area contributed by atoms with E-state index in [1.54, 1.807) is 26.0 Å². The summed E-state index contributed by atoms with van der Waals surface area (Å²) in [4.78, 5) is 30.6. The van der Waals surface area contributed by atoms with Crippen molar-refractivity contribution in [3.05, 3.63) is 82.8 Å². The van der Waals surface area contributed by atoms with Gasteiger partial charge in [-0.1, -0.05) is 13.8 Å². The first kappa shape index (κ1) is 31.3. The van der Waals surface area contributed by atoms with E-state index in [0.717, 1.165) is 48.3 Å². The van der Waals surface area contributed by atoms with E-state index in [4.69, 9.17) is 0 Å². The van der Waals surface area contributed by atoms with Gasteiger partial charge in [0, 0.05) is 73.9 Å². The van der Waals surface area contributed by atoms with Gasteiger partial charge < -0.3 is 20.4 Å². The van der Waals surface area contributed by atoms with E-state index in [0.29, 0.717) is 17.3 Å². The molecule has 1 saturated heterocycles. The number of likely N-dealkylation sites (N-methyl/N-ethyl adjacent to an activating group) is 1. The van der Waals surface area contributed by atoms with Crippen LogP contribution in [0.3, 0.4) is 0 Å². The molecule has 4 N–H and O–H groups in total. The monoisotopic (exact) mass is 653 g/mol. The van der Waals surface area contributed by atoms with Crippen LogP contribution in [0.4, 0.5) is 26.0 Å². The number of aromatic nitrogens is 4. The number of amides is 2. The predicted octanol–water partition coefficient (Wildman–Crippen LogP) is 3.15. The van der Waals surface area contributed by atoms with E-state index < -0.39 is 43.8 Å². The molecule has 4 aromatic rings. The zero-order chi connectivity index (χ0) is 32.8. The number of nitrogens with one attached hydrogen (secondary N) is 4. The molecule has 0 radical (unpaired) electrons. The van der Waals surface area contributed by atoms with Crippen molar-refractivity contribution in [1.29, 1.82) is 0 Å². The first-order valence-electron chi connectivity index (χ1n) is 14.6. The Bertz CT molecular complexity index is 1880. The van der Waals surface area contributed by atoms with Crippen molar-refractivity contribution in [2.24, 2.45) is 0 Å². The first-order valence-corrected chi connectivity index (χ1v) is 16.0. The maximum atomic E-state index is 14.0. The lowest BCUT2D eigenvalue weighted by Gasteiger charge is -2.36. The maximum Gasteiger partial charge on any atom is 0.273 e. The average Bonchev–Trinajstić information content (AvgIpc) is 3.68. The van der Waals surface area contributed by atoms with Gasteiger partial charge in [0.15, 0.2) is 5.82 Å². The molecule has 2 aromatic heterocycles. The second-order valence-corrected chi connectivity index (χ2v) is 14.0. The predicted molar refractivity (Wildman–Crippen MR) is 166 cm³/mol. The number of fused-ring (bicyclic) bond motifs is 1. The summed E-state index contributed by atoms with van der Waals surface area (Å²) in [6.45, 7) is 6.64. The molecule has 16 heteroatoms. The Morgan fingerprint density at radius 3 is 2.33 bits per heavy atom. The van der Waals surface area contributed by atoms with Gasteiger partial charge in [-0.05, 0) is 43.4 Å². The molecule has 46 heavy (non-hydrogen) atoms. The number of sulfonamides is 1. The molecule has 4 heterocycles. The number of benzene rings is 2. The van der Waals surface area contributed by atoms with E-state index in [1.807, 2.05) is 13.1 Å². The van der Waals surface area contributed by atoms with Crippen LogP contribution in [0.1, 0.15) is 46.0 Å². The number of anilines is 3. The number of carbonyl (C=O) groups is 2. The van der Waals surface area contributed by atoms with E-state index in [-0.39, 0.29) is 35.9 Å². The summed E-state index contributed by atoms with van der Waals surface area (Å²) in [7, 11) is -2.27. The van der Waals surface area contributed by atoms with Gasteiger partial charge in [0.2, 0.25) is 10.0 Å². The number of rotatable bonds is 7. The van der Waals surface area contributed by atoms with Gasteiger partial charge in [-0.2, -0.15) is 14.5 Å². The number of piperazine rings is 1. The standard InChI is InChI=1S/C30H33F2N9O4S/c1-30(2)17-41(46(44,45)21-13-18(31)12-19(32)14-21)16-23-26(30)37-38-27(23)35-28(42)22-5-4-20(40-10-8-39(3)9-11-40)15-25(22)34-29(43)24-6-7-33-36-24/h4-7,12-15H,8-11,16-17H2,1-3H3,(H,33,36)(H,34,43)(H2,35,37,38,42). The maximum absolute atomic E-state index is 14.0. The van der Waals surface area contributed by atoms with E-state index >= 15 is 0 Å². The third-order valence-corrected chi connectivity index (χ3v) is 10.0.